The Labute approximate surface area is 65.7 Å². The van der Waals surface area contributed by atoms with E-state index in [1.807, 2.05) is 0 Å². The van der Waals surface area contributed by atoms with Gasteiger partial charge in [0.05, 0.1) is 12.1 Å². The first kappa shape index (κ1) is 9.95. The van der Waals surface area contributed by atoms with Crippen LogP contribution in [0.25, 0.3) is 0 Å². The number of Topliss-reactive ketones (excluding diaryl/α,β-unsaturated/α-hetero) is 1. The van der Waals surface area contributed by atoms with Crippen LogP contribution in [-0.4, -0.2) is 10.5 Å². The van der Waals surface area contributed by atoms with Crippen LogP contribution in [0.4, 0.5) is 3.89 Å². The first-order valence-electron chi connectivity index (χ1n) is 3.27. The molecule has 0 bridgehead atoms. The molecule has 0 saturated heterocycles. The van der Waals surface area contributed by atoms with Crippen LogP contribution >= 0.6 is 12.1 Å². The Bertz CT molecular complexity index is 123. The Balaban J connectivity index is 3.56. The molecule has 0 aromatic carbocycles. The van der Waals surface area contributed by atoms with Gasteiger partial charge < -0.3 is 4.79 Å². The van der Waals surface area contributed by atoms with E-state index in [0.717, 1.165) is 0 Å². The molecule has 0 N–H and O–H groups in total. The van der Waals surface area contributed by atoms with Crippen molar-refractivity contribution in [3.05, 3.63) is 0 Å². The van der Waals surface area contributed by atoms with Gasteiger partial charge >= 0.3 is 0 Å². The van der Waals surface area contributed by atoms with Crippen LogP contribution < -0.4 is 0 Å². The van der Waals surface area contributed by atoms with Gasteiger partial charge in [-0.05, 0) is 27.2 Å². The molecule has 0 radical (unpaired) electrons. The average Bonchev–Trinajstić information content (AvgIpc) is 1.85. The largest absolute Gasteiger partial charge is 0.300 e. The standard InChI is InChI=1S/C7H13FOS/c1-6(9)4-5-7(2,3)10-8/h4-5H2,1-3H3. The molecule has 10 heavy (non-hydrogen) atoms. The predicted octanol–water partition coefficient (Wildman–Crippen LogP) is 2.75. The van der Waals surface area contributed by atoms with E-state index in [9.17, 15) is 8.68 Å². The zero-order chi connectivity index (χ0) is 8.20. The molecule has 0 fully saturated rings. The summed E-state index contributed by atoms with van der Waals surface area (Å²) in [6, 6.07) is 0. The van der Waals surface area contributed by atoms with Crippen LogP contribution in [0.3, 0.4) is 0 Å². The van der Waals surface area contributed by atoms with Gasteiger partial charge in [-0.2, -0.15) is 3.89 Å². The first-order valence-corrected chi connectivity index (χ1v) is 3.99. The van der Waals surface area contributed by atoms with Gasteiger partial charge in [0.1, 0.15) is 5.78 Å². The molecule has 0 aromatic heterocycles. The van der Waals surface area contributed by atoms with Crippen molar-refractivity contribution in [1.29, 1.82) is 0 Å². The summed E-state index contributed by atoms with van der Waals surface area (Å²) in [6.07, 6.45) is 1.09. The van der Waals surface area contributed by atoms with E-state index in [-0.39, 0.29) is 5.78 Å². The van der Waals surface area contributed by atoms with Crippen molar-refractivity contribution in [2.45, 2.75) is 38.4 Å². The smallest absolute Gasteiger partial charge is 0.129 e. The normalized spacial score (nSPS) is 11.6. The molecule has 0 heterocycles. The zero-order valence-corrected chi connectivity index (χ0v) is 7.43. The molecule has 3 heteroatoms. The van der Waals surface area contributed by atoms with Gasteiger partial charge in [-0.1, -0.05) is 0 Å². The van der Waals surface area contributed by atoms with Gasteiger partial charge in [-0.3, -0.25) is 0 Å². The monoisotopic (exact) mass is 164 g/mol. The molecule has 1 nitrogen and oxygen atoms in total. The Kier molecular flexibility index (Phi) is 3.94. The highest BCUT2D eigenvalue weighted by molar-refractivity contribution is 7.95. The summed E-state index contributed by atoms with van der Waals surface area (Å²) in [7, 11) is 0. The Morgan fingerprint density at radius 2 is 2.10 bits per heavy atom. The Morgan fingerprint density at radius 3 is 2.40 bits per heavy atom. The van der Waals surface area contributed by atoms with E-state index < -0.39 is 4.75 Å². The molecule has 0 saturated carbocycles. The maximum Gasteiger partial charge on any atom is 0.129 e. The molecule has 0 aliphatic heterocycles. The van der Waals surface area contributed by atoms with Gasteiger partial charge in [-0.25, -0.2) is 0 Å². The van der Waals surface area contributed by atoms with Crippen LogP contribution in [0, 0.1) is 0 Å². The quantitative estimate of drug-likeness (QED) is 0.635. The summed E-state index contributed by atoms with van der Waals surface area (Å²) >= 11 is 0.317. The van der Waals surface area contributed by atoms with Crippen molar-refractivity contribution < 1.29 is 8.68 Å². The van der Waals surface area contributed by atoms with Crippen molar-refractivity contribution in [1.82, 2.24) is 0 Å². The molecule has 0 unspecified atom stereocenters. The molecule has 0 atom stereocenters. The van der Waals surface area contributed by atoms with E-state index >= 15 is 0 Å². The number of hydrogen-bond acceptors (Lipinski definition) is 2. The van der Waals surface area contributed by atoms with Crippen molar-refractivity contribution in [3.8, 4) is 0 Å². The summed E-state index contributed by atoms with van der Waals surface area (Å²) < 4.78 is 11.6. The lowest BCUT2D eigenvalue weighted by atomic mass is 10.1. The molecule has 0 aliphatic carbocycles. The van der Waals surface area contributed by atoms with Crippen molar-refractivity contribution in [2.24, 2.45) is 0 Å². The predicted molar refractivity (Wildman–Crippen MR) is 42.7 cm³/mol. The number of halogens is 1. The Hall–Kier alpha value is -0.0500. The molecule has 0 aliphatic rings. The summed E-state index contributed by atoms with van der Waals surface area (Å²) in [4.78, 5) is 10.5. The minimum absolute atomic E-state index is 0.127. The lowest BCUT2D eigenvalue weighted by molar-refractivity contribution is -0.117. The van der Waals surface area contributed by atoms with E-state index in [4.69, 9.17) is 0 Å². The fourth-order valence-corrected chi connectivity index (χ4v) is 0.695. The summed E-state index contributed by atoms with van der Waals surface area (Å²) in [5, 5.41) is 0. The first-order chi connectivity index (χ1) is 4.48. The van der Waals surface area contributed by atoms with Gasteiger partial charge in [0.2, 0.25) is 0 Å². The topological polar surface area (TPSA) is 17.1 Å². The SMILES string of the molecule is CC(=O)CCC(C)(C)SF. The average molecular weight is 164 g/mol. The third-order valence-electron chi connectivity index (χ3n) is 1.29. The highest BCUT2D eigenvalue weighted by Gasteiger charge is 2.19. The summed E-state index contributed by atoms with van der Waals surface area (Å²) in [6.45, 7) is 5.11. The highest BCUT2D eigenvalue weighted by Crippen LogP contribution is 2.29. The minimum Gasteiger partial charge on any atom is -0.300 e. The third-order valence-corrected chi connectivity index (χ3v) is 1.91. The zero-order valence-electron chi connectivity index (χ0n) is 6.61. The maximum absolute atomic E-state index is 12.0. The minimum atomic E-state index is -0.397. The molecule has 0 spiro atoms. The fraction of sp³-hybridized carbons (Fsp3) is 0.857. The van der Waals surface area contributed by atoms with Crippen LogP contribution in [0.2, 0.25) is 0 Å². The van der Waals surface area contributed by atoms with Crippen LogP contribution in [-0.2, 0) is 4.79 Å². The number of carbonyl (C=O) groups excluding carboxylic acids is 1. The molecular weight excluding hydrogens is 151 g/mol. The van der Waals surface area contributed by atoms with E-state index in [1.54, 1.807) is 13.8 Å². The van der Waals surface area contributed by atoms with Crippen LogP contribution in [0.15, 0.2) is 0 Å². The molecular formula is C7H13FOS. The molecule has 0 aromatic rings. The molecule has 60 valence electrons. The number of hydrogen-bond donors (Lipinski definition) is 0. The second-order valence-electron chi connectivity index (χ2n) is 3.04. The second kappa shape index (κ2) is 3.96. The maximum atomic E-state index is 12.0. The Morgan fingerprint density at radius 1 is 1.60 bits per heavy atom. The lowest BCUT2D eigenvalue weighted by Gasteiger charge is -2.16. The second-order valence-corrected chi connectivity index (χ2v) is 4.30. The van der Waals surface area contributed by atoms with Gasteiger partial charge in [-0.15, -0.1) is 0 Å². The number of carbonyl (C=O) groups is 1. The van der Waals surface area contributed by atoms with E-state index in [0.29, 0.717) is 25.0 Å². The van der Waals surface area contributed by atoms with Crippen molar-refractivity contribution >= 4 is 17.9 Å². The fourth-order valence-electron chi connectivity index (χ4n) is 0.516. The van der Waals surface area contributed by atoms with Crippen LogP contribution in [0.1, 0.15) is 33.6 Å². The van der Waals surface area contributed by atoms with E-state index in [1.165, 1.54) is 6.92 Å². The molecule has 0 rings (SSSR count). The highest BCUT2D eigenvalue weighted by atomic mass is 32.2. The van der Waals surface area contributed by atoms with Gasteiger partial charge in [0.25, 0.3) is 0 Å². The van der Waals surface area contributed by atoms with Crippen molar-refractivity contribution in [2.75, 3.05) is 0 Å². The van der Waals surface area contributed by atoms with Crippen LogP contribution in [0.5, 0.6) is 0 Å². The van der Waals surface area contributed by atoms with Gasteiger partial charge in [0.15, 0.2) is 0 Å². The van der Waals surface area contributed by atoms with E-state index in [2.05, 4.69) is 0 Å². The number of rotatable bonds is 4. The molecule has 0 amide bonds. The lowest BCUT2D eigenvalue weighted by Crippen LogP contribution is -2.13. The summed E-state index contributed by atoms with van der Waals surface area (Å²) in [5.41, 5.74) is 0. The third kappa shape index (κ3) is 4.79. The summed E-state index contributed by atoms with van der Waals surface area (Å²) in [5.74, 6) is 0.127. The van der Waals surface area contributed by atoms with Crippen molar-refractivity contribution in [3.63, 3.8) is 0 Å². The van der Waals surface area contributed by atoms with Gasteiger partial charge in [0, 0.05) is 11.2 Å². The number of ketones is 1.